The molecule has 0 radical (unpaired) electrons. The second kappa shape index (κ2) is 7.18. The van der Waals surface area contributed by atoms with Crippen LogP contribution in [0.3, 0.4) is 0 Å². The molecule has 4 heteroatoms. The first-order valence-electron chi connectivity index (χ1n) is 8.44. The van der Waals surface area contributed by atoms with E-state index in [-0.39, 0.29) is 0 Å². The molecule has 1 aliphatic rings. The van der Waals surface area contributed by atoms with Gasteiger partial charge in [0, 0.05) is 23.6 Å². The highest BCUT2D eigenvalue weighted by molar-refractivity contribution is 5.57. The Labute approximate surface area is 147 Å². The quantitative estimate of drug-likeness (QED) is 0.633. The van der Waals surface area contributed by atoms with Gasteiger partial charge < -0.3 is 10.1 Å². The number of hydrogen-bond acceptors (Lipinski definition) is 4. The minimum atomic E-state index is 0.466. The van der Waals surface area contributed by atoms with Crippen LogP contribution < -0.4 is 10.1 Å². The first-order valence-corrected chi connectivity index (χ1v) is 8.44. The monoisotopic (exact) mass is 329 g/mol. The third kappa shape index (κ3) is 3.69. The summed E-state index contributed by atoms with van der Waals surface area (Å²) in [4.78, 5) is 8.69. The Morgan fingerprint density at radius 1 is 0.840 bits per heavy atom. The van der Waals surface area contributed by atoms with Crippen molar-refractivity contribution < 1.29 is 4.74 Å². The summed E-state index contributed by atoms with van der Waals surface area (Å²) in [6.07, 6.45) is 10.1. The maximum Gasteiger partial charge on any atom is 0.222 e. The van der Waals surface area contributed by atoms with Gasteiger partial charge in [-0.3, -0.25) is 0 Å². The van der Waals surface area contributed by atoms with Crippen LogP contribution in [0.4, 0.5) is 11.5 Å². The summed E-state index contributed by atoms with van der Waals surface area (Å²) in [6, 6.07) is 17.7. The Morgan fingerprint density at radius 3 is 2.40 bits per heavy atom. The van der Waals surface area contributed by atoms with Gasteiger partial charge in [0.1, 0.15) is 11.6 Å². The van der Waals surface area contributed by atoms with Gasteiger partial charge in [-0.1, -0.05) is 24.3 Å². The van der Waals surface area contributed by atoms with Gasteiger partial charge in [-0.2, -0.15) is 0 Å². The molecule has 0 aliphatic heterocycles. The van der Waals surface area contributed by atoms with E-state index in [0.29, 0.717) is 11.8 Å². The molecule has 0 amide bonds. The Balaban J connectivity index is 1.48. The minimum Gasteiger partial charge on any atom is -0.439 e. The predicted molar refractivity (Wildman–Crippen MR) is 99.4 cm³/mol. The number of aromatic nitrogens is 2. The summed E-state index contributed by atoms with van der Waals surface area (Å²) in [5.74, 6) is 2.75. The normalized spacial score (nSPS) is 13.8. The maximum atomic E-state index is 6.04. The number of benzene rings is 1. The van der Waals surface area contributed by atoms with Gasteiger partial charge in [0.2, 0.25) is 5.88 Å². The summed E-state index contributed by atoms with van der Waals surface area (Å²) in [5, 5.41) is 3.26. The topological polar surface area (TPSA) is 47.0 Å². The second-order valence-electron chi connectivity index (χ2n) is 6.00. The number of nitrogens with one attached hydrogen (secondary N) is 1. The fraction of sp³-hybridized carbons (Fsp3) is 0.143. The van der Waals surface area contributed by atoms with E-state index in [1.54, 1.807) is 12.4 Å². The third-order valence-electron chi connectivity index (χ3n) is 4.25. The highest BCUT2D eigenvalue weighted by Gasteiger charge is 2.18. The molecule has 4 nitrogen and oxygen atoms in total. The van der Waals surface area contributed by atoms with Gasteiger partial charge in [-0.25, -0.2) is 9.97 Å². The van der Waals surface area contributed by atoms with E-state index >= 15 is 0 Å². The summed E-state index contributed by atoms with van der Waals surface area (Å²) >= 11 is 0. The molecule has 1 aromatic carbocycles. The van der Waals surface area contributed by atoms with Gasteiger partial charge in [-0.15, -0.1) is 0 Å². The summed E-state index contributed by atoms with van der Waals surface area (Å²) in [6.45, 7) is 0. The second-order valence-corrected chi connectivity index (χ2v) is 6.00. The van der Waals surface area contributed by atoms with Crippen LogP contribution in [-0.2, 0) is 0 Å². The Hall–Kier alpha value is -3.14. The molecule has 2 aromatic heterocycles. The average molecular weight is 329 g/mol. The zero-order valence-electron chi connectivity index (χ0n) is 13.8. The van der Waals surface area contributed by atoms with Gasteiger partial charge in [0.05, 0.1) is 0 Å². The van der Waals surface area contributed by atoms with E-state index in [1.165, 1.54) is 5.56 Å². The largest absolute Gasteiger partial charge is 0.439 e. The summed E-state index contributed by atoms with van der Waals surface area (Å²) in [5.41, 5.74) is 2.13. The predicted octanol–water partition coefficient (Wildman–Crippen LogP) is 5.45. The molecule has 2 heterocycles. The molecule has 25 heavy (non-hydrogen) atoms. The van der Waals surface area contributed by atoms with Crippen LogP contribution in [0.2, 0.25) is 0 Å². The number of allylic oxidation sites excluding steroid dienone is 2. The number of ether oxygens (including phenoxy) is 1. The molecule has 0 spiro atoms. The first-order chi connectivity index (χ1) is 12.4. The fourth-order valence-corrected chi connectivity index (χ4v) is 2.97. The molecule has 3 aromatic rings. The van der Waals surface area contributed by atoms with Crippen LogP contribution in [0, 0.1) is 0 Å². The van der Waals surface area contributed by atoms with E-state index in [2.05, 4.69) is 33.5 Å². The summed E-state index contributed by atoms with van der Waals surface area (Å²) in [7, 11) is 0. The molecule has 0 saturated heterocycles. The summed E-state index contributed by atoms with van der Waals surface area (Å²) < 4.78 is 6.04. The molecule has 1 N–H and O–H groups in total. The molecule has 0 atom stereocenters. The highest BCUT2D eigenvalue weighted by atomic mass is 16.5. The van der Waals surface area contributed by atoms with Gasteiger partial charge in [-0.05, 0) is 61.2 Å². The lowest BCUT2D eigenvalue weighted by molar-refractivity contribution is 0.450. The van der Waals surface area contributed by atoms with Crippen LogP contribution in [-0.4, -0.2) is 9.97 Å². The highest BCUT2D eigenvalue weighted by Crippen LogP contribution is 2.36. The smallest absolute Gasteiger partial charge is 0.222 e. The van der Waals surface area contributed by atoms with E-state index in [9.17, 15) is 0 Å². The number of hydrogen-bond donors (Lipinski definition) is 1. The Bertz CT molecular complexity index is 852. The van der Waals surface area contributed by atoms with Gasteiger partial charge in [0.25, 0.3) is 0 Å². The van der Waals surface area contributed by atoms with E-state index in [4.69, 9.17) is 4.74 Å². The van der Waals surface area contributed by atoms with Crippen molar-refractivity contribution in [3.05, 3.63) is 84.7 Å². The molecule has 4 rings (SSSR count). The molecular weight excluding hydrogens is 310 g/mol. The molecule has 0 saturated carbocycles. The van der Waals surface area contributed by atoms with E-state index in [0.717, 1.165) is 30.1 Å². The standard InChI is InChI=1S/C21H19N3O/c1-2-7-16(6-1)19-8-5-15-23-21(19)25-18-12-10-17(11-13-18)24-20-9-3-4-14-22-20/h1-5,8-16H,6-7H2,(H,22,24). The SMILES string of the molecule is C1=CCC(c2cccnc2Oc2ccc(Nc3ccccn3)cc2)C1. The number of nitrogens with zero attached hydrogens (tertiary/aromatic N) is 2. The van der Waals surface area contributed by atoms with Crippen LogP contribution in [0.1, 0.15) is 24.3 Å². The fourth-order valence-electron chi connectivity index (χ4n) is 2.97. The molecule has 0 bridgehead atoms. The van der Waals surface area contributed by atoms with Crippen LogP contribution >= 0.6 is 0 Å². The first kappa shape index (κ1) is 15.4. The maximum absolute atomic E-state index is 6.04. The van der Waals surface area contributed by atoms with Gasteiger partial charge in [0.15, 0.2) is 0 Å². The van der Waals surface area contributed by atoms with Crippen molar-refractivity contribution in [2.75, 3.05) is 5.32 Å². The lowest BCUT2D eigenvalue weighted by atomic mass is 9.98. The van der Waals surface area contributed by atoms with Crippen LogP contribution in [0.15, 0.2) is 79.1 Å². The van der Waals surface area contributed by atoms with Crippen molar-refractivity contribution in [2.45, 2.75) is 18.8 Å². The lowest BCUT2D eigenvalue weighted by Gasteiger charge is -2.15. The van der Waals surface area contributed by atoms with E-state index < -0.39 is 0 Å². The minimum absolute atomic E-state index is 0.466. The van der Waals surface area contributed by atoms with Crippen LogP contribution in [0.5, 0.6) is 11.6 Å². The van der Waals surface area contributed by atoms with Gasteiger partial charge >= 0.3 is 0 Å². The Morgan fingerprint density at radius 2 is 1.64 bits per heavy atom. The van der Waals surface area contributed by atoms with Crippen LogP contribution in [0.25, 0.3) is 0 Å². The molecule has 0 fully saturated rings. The van der Waals surface area contributed by atoms with Crippen molar-refractivity contribution in [2.24, 2.45) is 0 Å². The molecular formula is C21H19N3O. The average Bonchev–Trinajstić information content (AvgIpc) is 3.19. The zero-order valence-corrected chi connectivity index (χ0v) is 13.8. The number of pyridine rings is 2. The lowest BCUT2D eigenvalue weighted by Crippen LogP contribution is -1.99. The van der Waals surface area contributed by atoms with Crippen molar-refractivity contribution in [1.29, 1.82) is 0 Å². The van der Waals surface area contributed by atoms with E-state index in [1.807, 2.05) is 48.5 Å². The molecule has 0 unspecified atom stereocenters. The molecule has 124 valence electrons. The Kier molecular flexibility index (Phi) is 4.42. The molecule has 1 aliphatic carbocycles. The number of anilines is 2. The zero-order chi connectivity index (χ0) is 16.9. The van der Waals surface area contributed by atoms with Crippen molar-refractivity contribution >= 4 is 11.5 Å². The van der Waals surface area contributed by atoms with Crippen molar-refractivity contribution in [3.8, 4) is 11.6 Å². The van der Waals surface area contributed by atoms with Crippen molar-refractivity contribution in [3.63, 3.8) is 0 Å². The van der Waals surface area contributed by atoms with Crippen molar-refractivity contribution in [1.82, 2.24) is 9.97 Å². The number of rotatable bonds is 5. The third-order valence-corrected chi connectivity index (χ3v) is 4.25.